The molecule has 0 spiro atoms. The van der Waals surface area contributed by atoms with E-state index in [1.807, 2.05) is 0 Å². The van der Waals surface area contributed by atoms with Crippen LogP contribution in [0.25, 0.3) is 0 Å². The largest absolute Gasteiger partial charge is 0.484 e. The monoisotopic (exact) mass is 383 g/mol. The Balaban J connectivity index is 0.00000338. The second-order valence-corrected chi connectivity index (χ2v) is 6.92. The Morgan fingerprint density at radius 1 is 1.23 bits per heavy atom. The topological polar surface area (TPSA) is 70.7 Å². The van der Waals surface area contributed by atoms with Gasteiger partial charge in [0.25, 0.3) is 5.91 Å². The summed E-state index contributed by atoms with van der Waals surface area (Å²) in [5, 5.41) is 6.29. The van der Waals surface area contributed by atoms with Gasteiger partial charge in [0.1, 0.15) is 5.75 Å². The molecule has 0 aliphatic carbocycles. The highest BCUT2D eigenvalue weighted by atomic mass is 35.5. The van der Waals surface area contributed by atoms with Crippen LogP contribution >= 0.6 is 12.4 Å². The van der Waals surface area contributed by atoms with Crippen molar-refractivity contribution < 1.29 is 14.3 Å². The second-order valence-electron chi connectivity index (χ2n) is 6.92. The molecule has 0 saturated carbocycles. The van der Waals surface area contributed by atoms with Crippen LogP contribution in [0.3, 0.4) is 0 Å². The van der Waals surface area contributed by atoms with Crippen molar-refractivity contribution in [3.05, 3.63) is 24.3 Å². The van der Waals surface area contributed by atoms with Gasteiger partial charge in [-0.05, 0) is 62.0 Å². The zero-order valence-corrected chi connectivity index (χ0v) is 16.6. The molecule has 1 saturated heterocycles. The van der Waals surface area contributed by atoms with E-state index in [4.69, 9.17) is 4.74 Å². The highest BCUT2D eigenvalue weighted by molar-refractivity contribution is 5.90. The summed E-state index contributed by atoms with van der Waals surface area (Å²) in [6.07, 6.45) is 2.83. The van der Waals surface area contributed by atoms with Crippen molar-refractivity contribution in [1.29, 1.82) is 0 Å². The molecule has 1 unspecified atom stereocenters. The fraction of sp³-hybridized carbons (Fsp3) is 0.579. The van der Waals surface area contributed by atoms with Gasteiger partial charge in [-0.3, -0.25) is 9.59 Å². The molecule has 2 rings (SSSR count). The molecular formula is C19H30ClN3O3. The van der Waals surface area contributed by atoms with Gasteiger partial charge >= 0.3 is 0 Å². The van der Waals surface area contributed by atoms with E-state index in [1.54, 1.807) is 38.4 Å². The minimum Gasteiger partial charge on any atom is -0.484 e. The molecule has 1 aliphatic rings. The predicted octanol–water partition coefficient (Wildman–Crippen LogP) is 2.54. The number of nitrogens with zero attached hydrogens (tertiary/aromatic N) is 1. The van der Waals surface area contributed by atoms with E-state index in [2.05, 4.69) is 17.6 Å². The molecule has 146 valence electrons. The number of carbonyl (C=O) groups excluding carboxylic acids is 2. The Morgan fingerprint density at radius 3 is 2.42 bits per heavy atom. The smallest absolute Gasteiger partial charge is 0.259 e. The van der Waals surface area contributed by atoms with Gasteiger partial charge in [-0.1, -0.05) is 6.92 Å². The zero-order chi connectivity index (χ0) is 18.2. The van der Waals surface area contributed by atoms with Gasteiger partial charge in [0.2, 0.25) is 5.91 Å². The number of benzene rings is 1. The lowest BCUT2D eigenvalue weighted by Crippen LogP contribution is -2.32. The summed E-state index contributed by atoms with van der Waals surface area (Å²) in [4.78, 5) is 25.2. The number of rotatable bonds is 7. The molecule has 0 bridgehead atoms. The van der Waals surface area contributed by atoms with Gasteiger partial charge in [-0.15, -0.1) is 12.4 Å². The van der Waals surface area contributed by atoms with E-state index >= 15 is 0 Å². The summed E-state index contributed by atoms with van der Waals surface area (Å²) in [5.74, 6) is 1.57. The molecule has 2 amide bonds. The third-order valence-corrected chi connectivity index (χ3v) is 4.70. The number of carbonyl (C=O) groups is 2. The summed E-state index contributed by atoms with van der Waals surface area (Å²) in [6, 6.07) is 7.11. The molecular weight excluding hydrogens is 354 g/mol. The van der Waals surface area contributed by atoms with Crippen LogP contribution < -0.4 is 15.4 Å². The maximum Gasteiger partial charge on any atom is 0.259 e. The Labute approximate surface area is 162 Å². The SMILES string of the molecule is CC(CC(=O)Nc1ccc(OCC(=O)N(C)C)cc1)C1CCNCC1.Cl. The number of hydrogen-bond donors (Lipinski definition) is 2. The number of likely N-dealkylation sites (N-methyl/N-ethyl adjacent to an activating group) is 1. The highest BCUT2D eigenvalue weighted by Crippen LogP contribution is 2.25. The molecule has 2 N–H and O–H groups in total. The summed E-state index contributed by atoms with van der Waals surface area (Å²) in [5.41, 5.74) is 0.744. The van der Waals surface area contributed by atoms with Crippen LogP contribution in [0.5, 0.6) is 5.75 Å². The third-order valence-electron chi connectivity index (χ3n) is 4.70. The summed E-state index contributed by atoms with van der Waals surface area (Å²) < 4.78 is 5.42. The van der Waals surface area contributed by atoms with Crippen LogP contribution in [0, 0.1) is 11.8 Å². The van der Waals surface area contributed by atoms with Crippen LogP contribution in [0.2, 0.25) is 0 Å². The lowest BCUT2D eigenvalue weighted by atomic mass is 9.84. The molecule has 1 aliphatic heterocycles. The van der Waals surface area contributed by atoms with Gasteiger partial charge in [-0.25, -0.2) is 0 Å². The molecule has 1 aromatic carbocycles. The first kappa shape index (κ1) is 22.3. The Hall–Kier alpha value is -1.79. The average molecular weight is 384 g/mol. The highest BCUT2D eigenvalue weighted by Gasteiger charge is 2.22. The van der Waals surface area contributed by atoms with E-state index in [-0.39, 0.29) is 30.8 Å². The lowest BCUT2D eigenvalue weighted by molar-refractivity contribution is -0.130. The van der Waals surface area contributed by atoms with Crippen LogP contribution in [0.1, 0.15) is 26.2 Å². The van der Waals surface area contributed by atoms with E-state index in [0.29, 0.717) is 24.0 Å². The van der Waals surface area contributed by atoms with Crippen molar-refractivity contribution in [1.82, 2.24) is 10.2 Å². The van der Waals surface area contributed by atoms with E-state index < -0.39 is 0 Å². The summed E-state index contributed by atoms with van der Waals surface area (Å²) in [7, 11) is 3.38. The average Bonchev–Trinajstić information content (AvgIpc) is 2.61. The lowest BCUT2D eigenvalue weighted by Gasteiger charge is -2.27. The minimum absolute atomic E-state index is 0. The number of amides is 2. The molecule has 1 atom stereocenters. The quantitative estimate of drug-likeness (QED) is 0.759. The Bertz CT molecular complexity index is 572. The van der Waals surface area contributed by atoms with E-state index in [0.717, 1.165) is 31.6 Å². The number of halogens is 1. The number of nitrogens with one attached hydrogen (secondary N) is 2. The number of anilines is 1. The third kappa shape index (κ3) is 7.22. The Kier molecular flexibility index (Phi) is 9.44. The maximum absolute atomic E-state index is 12.2. The molecule has 7 heteroatoms. The normalized spacial score (nSPS) is 15.5. The fourth-order valence-corrected chi connectivity index (χ4v) is 2.99. The number of piperidine rings is 1. The van der Waals surface area contributed by atoms with Crippen LogP contribution in [-0.2, 0) is 9.59 Å². The van der Waals surface area contributed by atoms with Gasteiger partial charge in [-0.2, -0.15) is 0 Å². The fourth-order valence-electron chi connectivity index (χ4n) is 2.99. The number of ether oxygens (including phenoxy) is 1. The number of hydrogen-bond acceptors (Lipinski definition) is 4. The molecule has 0 radical (unpaired) electrons. The summed E-state index contributed by atoms with van der Waals surface area (Å²) >= 11 is 0. The van der Waals surface area contributed by atoms with Crippen LogP contribution in [0.15, 0.2) is 24.3 Å². The molecule has 1 aromatic rings. The summed E-state index contributed by atoms with van der Waals surface area (Å²) in [6.45, 7) is 4.27. The Morgan fingerprint density at radius 2 is 1.85 bits per heavy atom. The van der Waals surface area contributed by atoms with Crippen molar-refractivity contribution in [2.24, 2.45) is 11.8 Å². The first-order valence-corrected chi connectivity index (χ1v) is 8.89. The van der Waals surface area contributed by atoms with E-state index in [1.165, 1.54) is 4.90 Å². The zero-order valence-electron chi connectivity index (χ0n) is 15.8. The van der Waals surface area contributed by atoms with Crippen molar-refractivity contribution in [3.63, 3.8) is 0 Å². The van der Waals surface area contributed by atoms with Gasteiger partial charge in [0.05, 0.1) is 0 Å². The standard InChI is InChI=1S/C19H29N3O3.ClH/c1-14(15-8-10-20-11-9-15)12-18(23)21-16-4-6-17(7-5-16)25-13-19(24)22(2)3;/h4-7,14-15,20H,8-13H2,1-3H3,(H,21,23);1H. The van der Waals surface area contributed by atoms with Gasteiger partial charge < -0.3 is 20.3 Å². The van der Waals surface area contributed by atoms with Crippen molar-refractivity contribution in [2.45, 2.75) is 26.2 Å². The van der Waals surface area contributed by atoms with Crippen LogP contribution in [0.4, 0.5) is 5.69 Å². The molecule has 0 aromatic heterocycles. The van der Waals surface area contributed by atoms with Crippen molar-refractivity contribution >= 4 is 29.9 Å². The maximum atomic E-state index is 12.2. The molecule has 6 nitrogen and oxygen atoms in total. The predicted molar refractivity (Wildman–Crippen MR) is 106 cm³/mol. The first-order valence-electron chi connectivity index (χ1n) is 8.89. The first-order chi connectivity index (χ1) is 12.0. The molecule has 26 heavy (non-hydrogen) atoms. The van der Waals surface area contributed by atoms with Crippen molar-refractivity contribution in [3.8, 4) is 5.75 Å². The van der Waals surface area contributed by atoms with Gasteiger partial charge in [0.15, 0.2) is 6.61 Å². The van der Waals surface area contributed by atoms with E-state index in [9.17, 15) is 9.59 Å². The minimum atomic E-state index is -0.0933. The van der Waals surface area contributed by atoms with Crippen LogP contribution in [-0.4, -0.2) is 50.5 Å². The van der Waals surface area contributed by atoms with Crippen molar-refractivity contribution in [2.75, 3.05) is 39.1 Å². The second kappa shape index (κ2) is 11.0. The molecule has 1 heterocycles. The van der Waals surface area contributed by atoms with Gasteiger partial charge in [0, 0.05) is 26.2 Å². The molecule has 1 fully saturated rings.